The summed E-state index contributed by atoms with van der Waals surface area (Å²) in [4.78, 5) is 18.3. The minimum atomic E-state index is -6.71. The number of hydrogen-bond donors (Lipinski definition) is 1. The van der Waals surface area contributed by atoms with Gasteiger partial charge >= 0.3 is 23.3 Å². The summed E-state index contributed by atoms with van der Waals surface area (Å²) in [7, 11) is -4.29. The van der Waals surface area contributed by atoms with Crippen molar-refractivity contribution in [2.45, 2.75) is 27.1 Å². The second-order valence-electron chi connectivity index (χ2n) is 4.43. The highest BCUT2D eigenvalue weighted by Gasteiger charge is 2.76. The molecule has 0 aromatic heterocycles. The van der Waals surface area contributed by atoms with Crippen molar-refractivity contribution in [3.05, 3.63) is 28.3 Å². The number of halogens is 7. The van der Waals surface area contributed by atoms with Crippen LogP contribution in [0.25, 0.3) is 0 Å². The van der Waals surface area contributed by atoms with Crippen LogP contribution in [-0.2, 0) is 15.6 Å². The van der Waals surface area contributed by atoms with E-state index in [0.717, 1.165) is 0 Å². The van der Waals surface area contributed by atoms with Crippen molar-refractivity contribution in [1.29, 1.82) is 0 Å². The number of hydrogen-bond acceptors (Lipinski definition) is 5. The number of aliphatic carboxylic acids is 1. The van der Waals surface area contributed by atoms with Crippen molar-refractivity contribution in [2.75, 3.05) is 5.75 Å². The van der Waals surface area contributed by atoms with Gasteiger partial charge in [-0.05, 0) is 12.1 Å². The first-order chi connectivity index (χ1) is 11.6. The molecular weight excluding hydrogens is 423 g/mol. The Morgan fingerprint density at radius 2 is 1.73 bits per heavy atom. The van der Waals surface area contributed by atoms with Crippen molar-refractivity contribution in [1.82, 2.24) is 0 Å². The van der Waals surface area contributed by atoms with Crippen LogP contribution in [0.4, 0.5) is 36.4 Å². The molecule has 6 nitrogen and oxygen atoms in total. The van der Waals surface area contributed by atoms with Crippen molar-refractivity contribution in [2.24, 2.45) is 0 Å². The maximum Gasteiger partial charge on any atom is 0.461 e. The average Bonchev–Trinajstić information content (AvgIpc) is 2.50. The van der Waals surface area contributed by atoms with Gasteiger partial charge in [0.15, 0.2) is 0 Å². The Labute approximate surface area is 146 Å². The van der Waals surface area contributed by atoms with E-state index in [9.17, 15) is 49.9 Å². The third-order valence-electron chi connectivity index (χ3n) is 2.65. The van der Waals surface area contributed by atoms with Crippen LogP contribution < -0.4 is 0 Å². The van der Waals surface area contributed by atoms with Gasteiger partial charge in [-0.3, -0.25) is 14.9 Å². The molecule has 1 aromatic rings. The molecule has 0 bridgehead atoms. The molecule has 0 amide bonds. The number of nitrogens with zero attached hydrogens (tertiary/aromatic N) is 1. The van der Waals surface area contributed by atoms with Gasteiger partial charge in [0.05, 0.1) is 20.5 Å². The maximum absolute atomic E-state index is 13.4. The number of nitro groups is 1. The van der Waals surface area contributed by atoms with Gasteiger partial charge in [-0.25, -0.2) is 4.21 Å². The van der Waals surface area contributed by atoms with Crippen LogP contribution in [0.15, 0.2) is 28.0 Å². The van der Waals surface area contributed by atoms with E-state index in [2.05, 4.69) is 0 Å². The molecule has 0 unspecified atom stereocenters. The third-order valence-corrected chi connectivity index (χ3v) is 5.10. The van der Waals surface area contributed by atoms with E-state index >= 15 is 0 Å². The molecule has 0 aliphatic rings. The lowest BCUT2D eigenvalue weighted by molar-refractivity contribution is -0.388. The number of carboxylic acid groups (broad SMARTS) is 1. The standard InChI is InChI=1S/C11H6F7NO5S2/c12-9(13,10(14,15)16)11(17,18)26(24)5-1-2-7(25-4-8(20)21)6(3-5)19(22)23/h1-3H,4H2,(H,20,21)/t26-/m0/s1. The Morgan fingerprint density at radius 3 is 2.15 bits per heavy atom. The normalized spacial score (nSPS) is 14.1. The molecular formula is C11H6F7NO5S2. The van der Waals surface area contributed by atoms with Crippen molar-refractivity contribution < 1.29 is 49.8 Å². The lowest BCUT2D eigenvalue weighted by atomic mass is 10.3. The molecule has 146 valence electrons. The summed E-state index contributed by atoms with van der Waals surface area (Å²) >= 11 is 0.365. The zero-order valence-electron chi connectivity index (χ0n) is 11.9. The summed E-state index contributed by atoms with van der Waals surface area (Å²) in [6, 6.07) is 1.16. The fraction of sp³-hybridized carbons (Fsp3) is 0.364. The van der Waals surface area contributed by atoms with Gasteiger partial charge in [-0.2, -0.15) is 30.7 Å². The molecule has 1 aromatic carbocycles. The van der Waals surface area contributed by atoms with E-state index < -0.39 is 60.3 Å². The first kappa shape index (κ1) is 22.1. The summed E-state index contributed by atoms with van der Waals surface area (Å²) in [5.41, 5.74) is -1.08. The maximum atomic E-state index is 13.4. The third kappa shape index (κ3) is 4.25. The molecule has 0 aliphatic heterocycles. The predicted molar refractivity (Wildman–Crippen MR) is 73.8 cm³/mol. The van der Waals surface area contributed by atoms with Crippen LogP contribution in [0, 0.1) is 10.1 Å². The molecule has 0 heterocycles. The summed E-state index contributed by atoms with van der Waals surface area (Å²) in [5, 5.41) is 13.3. The summed E-state index contributed by atoms with van der Waals surface area (Å²) in [6.07, 6.45) is -6.71. The van der Waals surface area contributed by atoms with Gasteiger partial charge in [-0.15, -0.1) is 11.8 Å². The fourth-order valence-corrected chi connectivity index (χ4v) is 3.23. The topological polar surface area (TPSA) is 97.5 Å². The summed E-state index contributed by atoms with van der Waals surface area (Å²) in [6.45, 7) is 0. The average molecular weight is 429 g/mol. The van der Waals surface area contributed by atoms with Crippen LogP contribution in [0.2, 0.25) is 0 Å². The Balaban J connectivity index is 3.35. The van der Waals surface area contributed by atoms with Gasteiger partial charge in [-0.1, -0.05) is 0 Å². The van der Waals surface area contributed by atoms with E-state index in [1.54, 1.807) is 0 Å². The second-order valence-corrected chi connectivity index (χ2v) is 6.97. The highest BCUT2D eigenvalue weighted by atomic mass is 32.2. The fourth-order valence-electron chi connectivity index (χ4n) is 1.45. The highest BCUT2D eigenvalue weighted by Crippen LogP contribution is 2.49. The molecule has 0 spiro atoms. The Kier molecular flexibility index (Phi) is 6.28. The van der Waals surface area contributed by atoms with Crippen LogP contribution >= 0.6 is 11.8 Å². The second kappa shape index (κ2) is 7.38. The SMILES string of the molecule is O=C(O)CSc1ccc([S@](=O)C(F)(F)C(F)(F)C(F)(F)F)cc1[N+](=O)[O-]. The van der Waals surface area contributed by atoms with E-state index in [1.165, 1.54) is 0 Å². The van der Waals surface area contributed by atoms with Gasteiger partial charge in [0, 0.05) is 6.07 Å². The first-order valence-electron chi connectivity index (χ1n) is 6.00. The monoisotopic (exact) mass is 429 g/mol. The molecule has 1 atom stereocenters. The largest absolute Gasteiger partial charge is 0.481 e. The number of benzene rings is 1. The number of alkyl halides is 7. The molecule has 26 heavy (non-hydrogen) atoms. The molecule has 0 saturated heterocycles. The van der Waals surface area contributed by atoms with Crippen molar-refractivity contribution in [3.63, 3.8) is 0 Å². The van der Waals surface area contributed by atoms with Gasteiger partial charge in [0.1, 0.15) is 10.8 Å². The quantitative estimate of drug-likeness (QED) is 0.308. The van der Waals surface area contributed by atoms with E-state index in [0.29, 0.717) is 23.9 Å². The zero-order valence-corrected chi connectivity index (χ0v) is 13.6. The lowest BCUT2D eigenvalue weighted by Crippen LogP contribution is -2.54. The van der Waals surface area contributed by atoms with Gasteiger partial charge in [0.25, 0.3) is 5.69 Å². The lowest BCUT2D eigenvalue weighted by Gasteiger charge is -2.27. The smallest absolute Gasteiger partial charge is 0.461 e. The predicted octanol–water partition coefficient (Wildman–Crippen LogP) is 3.67. The number of rotatable bonds is 7. The minimum Gasteiger partial charge on any atom is -0.481 e. The number of carboxylic acids is 1. The Bertz CT molecular complexity index is 753. The van der Waals surface area contributed by atoms with Gasteiger partial charge < -0.3 is 5.11 Å². The Hall–Kier alpha value is -1.90. The van der Waals surface area contributed by atoms with Crippen molar-refractivity contribution in [3.8, 4) is 0 Å². The highest BCUT2D eigenvalue weighted by molar-refractivity contribution is 8.00. The molecule has 1 N–H and O–H groups in total. The van der Waals surface area contributed by atoms with Crippen LogP contribution in [-0.4, -0.2) is 43.3 Å². The van der Waals surface area contributed by atoms with Crippen LogP contribution in [0.5, 0.6) is 0 Å². The van der Waals surface area contributed by atoms with Crippen molar-refractivity contribution >= 4 is 34.2 Å². The molecule has 15 heteroatoms. The zero-order chi connectivity index (χ0) is 20.5. The van der Waals surface area contributed by atoms with E-state index in [4.69, 9.17) is 5.11 Å². The molecule has 0 saturated carbocycles. The van der Waals surface area contributed by atoms with Gasteiger partial charge in [0.2, 0.25) is 0 Å². The van der Waals surface area contributed by atoms with E-state index in [-0.39, 0.29) is 6.07 Å². The number of carbonyl (C=O) groups is 1. The first-order valence-corrected chi connectivity index (χ1v) is 8.13. The van der Waals surface area contributed by atoms with Crippen LogP contribution in [0.3, 0.4) is 0 Å². The number of thioether (sulfide) groups is 1. The minimum absolute atomic E-state index is 0.126. The molecule has 0 aliphatic carbocycles. The molecule has 1 rings (SSSR count). The molecule has 0 radical (unpaired) electrons. The summed E-state index contributed by atoms with van der Waals surface area (Å²) < 4.78 is 101. The molecule has 0 fully saturated rings. The Morgan fingerprint density at radius 1 is 1.19 bits per heavy atom. The van der Waals surface area contributed by atoms with E-state index in [1.807, 2.05) is 0 Å². The number of nitro benzene ring substituents is 1. The summed E-state index contributed by atoms with van der Waals surface area (Å²) in [5.74, 6) is -8.74. The van der Waals surface area contributed by atoms with Crippen LogP contribution in [0.1, 0.15) is 0 Å².